The molecular weight excluding hydrogens is 216 g/mol. The van der Waals surface area contributed by atoms with Crippen LogP contribution in [-0.4, -0.2) is 18.0 Å². The van der Waals surface area contributed by atoms with Crippen LogP contribution >= 0.6 is 0 Å². The van der Waals surface area contributed by atoms with Crippen molar-refractivity contribution in [1.82, 2.24) is 5.32 Å². The van der Waals surface area contributed by atoms with Gasteiger partial charge in [-0.1, -0.05) is 19.1 Å². The summed E-state index contributed by atoms with van der Waals surface area (Å²) in [7, 11) is 0. The van der Waals surface area contributed by atoms with Crippen molar-refractivity contribution in [2.24, 2.45) is 11.8 Å². The Balaban J connectivity index is 1.69. The second kappa shape index (κ2) is 5.27. The maximum Gasteiger partial charge on any atom is 0.269 e. The first kappa shape index (κ1) is 12.0. The van der Waals surface area contributed by atoms with Gasteiger partial charge >= 0.3 is 0 Å². The highest BCUT2D eigenvalue weighted by molar-refractivity contribution is 5.32. The Morgan fingerprint density at radius 2 is 2.06 bits per heavy atom. The number of benzene rings is 1. The average molecular weight is 234 g/mol. The Kier molecular flexibility index (Phi) is 3.74. The molecule has 0 radical (unpaired) electrons. The molecule has 2 unspecified atom stereocenters. The van der Waals surface area contributed by atoms with Crippen LogP contribution in [-0.2, 0) is 6.42 Å². The fourth-order valence-electron chi connectivity index (χ4n) is 1.99. The molecule has 0 bridgehead atoms. The summed E-state index contributed by atoms with van der Waals surface area (Å²) < 4.78 is 0. The van der Waals surface area contributed by atoms with E-state index in [2.05, 4.69) is 12.2 Å². The first-order valence-corrected chi connectivity index (χ1v) is 6.11. The summed E-state index contributed by atoms with van der Waals surface area (Å²) in [5.41, 5.74) is 1.31. The zero-order chi connectivity index (χ0) is 12.3. The van der Waals surface area contributed by atoms with Crippen LogP contribution in [0.3, 0.4) is 0 Å². The van der Waals surface area contributed by atoms with Gasteiger partial charge in [0.1, 0.15) is 0 Å². The van der Waals surface area contributed by atoms with Crippen molar-refractivity contribution in [2.75, 3.05) is 13.1 Å². The van der Waals surface area contributed by atoms with Crippen LogP contribution in [0.25, 0.3) is 0 Å². The van der Waals surface area contributed by atoms with Crippen LogP contribution in [0.5, 0.6) is 0 Å². The first-order chi connectivity index (χ1) is 8.16. The number of nitrogens with zero attached hydrogens (tertiary/aromatic N) is 1. The van der Waals surface area contributed by atoms with Crippen molar-refractivity contribution in [3.63, 3.8) is 0 Å². The molecule has 1 aromatic carbocycles. The number of non-ortho nitro benzene ring substituents is 1. The summed E-state index contributed by atoms with van der Waals surface area (Å²) in [5.74, 6) is 1.76. The van der Waals surface area contributed by atoms with E-state index in [1.54, 1.807) is 12.1 Å². The third-order valence-electron chi connectivity index (χ3n) is 3.42. The van der Waals surface area contributed by atoms with Gasteiger partial charge in [0.25, 0.3) is 5.69 Å². The molecule has 1 aromatic rings. The van der Waals surface area contributed by atoms with Crippen molar-refractivity contribution < 1.29 is 4.92 Å². The maximum absolute atomic E-state index is 10.5. The molecule has 0 saturated heterocycles. The van der Waals surface area contributed by atoms with Crippen molar-refractivity contribution in [1.29, 1.82) is 0 Å². The lowest BCUT2D eigenvalue weighted by Crippen LogP contribution is -2.20. The van der Waals surface area contributed by atoms with E-state index in [0.717, 1.165) is 36.9 Å². The summed E-state index contributed by atoms with van der Waals surface area (Å²) in [6.07, 6.45) is 2.28. The summed E-state index contributed by atoms with van der Waals surface area (Å²) in [6, 6.07) is 6.80. The molecule has 1 aliphatic rings. The fourth-order valence-corrected chi connectivity index (χ4v) is 1.99. The van der Waals surface area contributed by atoms with Crippen LogP contribution in [0, 0.1) is 22.0 Å². The Hall–Kier alpha value is -1.42. The van der Waals surface area contributed by atoms with Gasteiger partial charge in [0, 0.05) is 12.1 Å². The quantitative estimate of drug-likeness (QED) is 0.467. The van der Waals surface area contributed by atoms with E-state index in [0.29, 0.717) is 0 Å². The summed E-state index contributed by atoms with van der Waals surface area (Å²) in [6.45, 7) is 4.33. The lowest BCUT2D eigenvalue weighted by Gasteiger charge is -2.03. The smallest absolute Gasteiger partial charge is 0.269 e. The Labute approximate surface area is 101 Å². The lowest BCUT2D eigenvalue weighted by molar-refractivity contribution is -0.384. The minimum atomic E-state index is -0.365. The molecule has 0 amide bonds. The molecule has 17 heavy (non-hydrogen) atoms. The van der Waals surface area contributed by atoms with Crippen molar-refractivity contribution in [3.05, 3.63) is 39.9 Å². The van der Waals surface area contributed by atoms with Gasteiger partial charge in [-0.3, -0.25) is 10.1 Å². The van der Waals surface area contributed by atoms with Gasteiger partial charge in [-0.25, -0.2) is 0 Å². The Bertz CT molecular complexity index is 389. The van der Waals surface area contributed by atoms with Crippen LogP contribution in [0.15, 0.2) is 24.3 Å². The third-order valence-corrected chi connectivity index (χ3v) is 3.42. The van der Waals surface area contributed by atoms with Crippen molar-refractivity contribution in [2.45, 2.75) is 19.8 Å². The maximum atomic E-state index is 10.5. The number of nitro groups is 1. The zero-order valence-electron chi connectivity index (χ0n) is 10.1. The number of rotatable bonds is 6. The van der Waals surface area contributed by atoms with Crippen LogP contribution < -0.4 is 5.32 Å². The van der Waals surface area contributed by atoms with Gasteiger partial charge in [0.2, 0.25) is 0 Å². The fraction of sp³-hybridized carbons (Fsp3) is 0.538. The molecule has 2 atom stereocenters. The highest BCUT2D eigenvalue weighted by Crippen LogP contribution is 2.36. The first-order valence-electron chi connectivity index (χ1n) is 6.11. The SMILES string of the molecule is CC1CC1CNCCc1ccc([N+](=O)[O-])cc1. The molecule has 92 valence electrons. The Morgan fingerprint density at radius 1 is 1.41 bits per heavy atom. The van der Waals surface area contributed by atoms with E-state index in [-0.39, 0.29) is 10.6 Å². The van der Waals surface area contributed by atoms with E-state index >= 15 is 0 Å². The topological polar surface area (TPSA) is 55.2 Å². The molecular formula is C13H18N2O2. The number of nitro benzene ring substituents is 1. The summed E-state index contributed by atoms with van der Waals surface area (Å²) >= 11 is 0. The highest BCUT2D eigenvalue weighted by atomic mass is 16.6. The molecule has 0 aromatic heterocycles. The average Bonchev–Trinajstić information content (AvgIpc) is 3.01. The van der Waals surface area contributed by atoms with Crippen molar-refractivity contribution in [3.8, 4) is 0 Å². The third kappa shape index (κ3) is 3.53. The molecule has 0 heterocycles. The second-order valence-corrected chi connectivity index (χ2v) is 4.85. The largest absolute Gasteiger partial charge is 0.316 e. The lowest BCUT2D eigenvalue weighted by atomic mass is 10.1. The normalized spacial score (nSPS) is 22.4. The second-order valence-electron chi connectivity index (χ2n) is 4.85. The van der Waals surface area contributed by atoms with Crippen LogP contribution in [0.4, 0.5) is 5.69 Å². The van der Waals surface area contributed by atoms with E-state index in [4.69, 9.17) is 0 Å². The molecule has 0 spiro atoms. The zero-order valence-corrected chi connectivity index (χ0v) is 10.1. The van der Waals surface area contributed by atoms with E-state index in [1.165, 1.54) is 6.42 Å². The van der Waals surface area contributed by atoms with E-state index in [9.17, 15) is 10.1 Å². The van der Waals surface area contributed by atoms with Crippen LogP contribution in [0.1, 0.15) is 18.9 Å². The number of hydrogen-bond donors (Lipinski definition) is 1. The highest BCUT2D eigenvalue weighted by Gasteiger charge is 2.31. The van der Waals surface area contributed by atoms with Crippen LogP contribution in [0.2, 0.25) is 0 Å². The minimum absolute atomic E-state index is 0.161. The van der Waals surface area contributed by atoms with Gasteiger partial charge in [0.05, 0.1) is 4.92 Å². The molecule has 1 fully saturated rings. The molecule has 2 rings (SSSR count). The number of hydrogen-bond acceptors (Lipinski definition) is 3. The van der Waals surface area contributed by atoms with Gasteiger partial charge in [-0.15, -0.1) is 0 Å². The van der Waals surface area contributed by atoms with Gasteiger partial charge < -0.3 is 5.32 Å². The van der Waals surface area contributed by atoms with Gasteiger partial charge in [-0.05, 0) is 43.3 Å². The molecule has 1 N–H and O–H groups in total. The van der Waals surface area contributed by atoms with E-state index < -0.39 is 0 Å². The van der Waals surface area contributed by atoms with Gasteiger partial charge in [-0.2, -0.15) is 0 Å². The predicted octanol–water partition coefficient (Wildman–Crippen LogP) is 2.38. The van der Waals surface area contributed by atoms with Gasteiger partial charge in [0.15, 0.2) is 0 Å². The predicted molar refractivity (Wildman–Crippen MR) is 66.9 cm³/mol. The minimum Gasteiger partial charge on any atom is -0.316 e. The standard InChI is InChI=1S/C13H18N2O2/c1-10-8-12(10)9-14-7-6-11-2-4-13(5-3-11)15(16)17/h2-5,10,12,14H,6-9H2,1H3. The molecule has 1 saturated carbocycles. The number of nitrogens with one attached hydrogen (secondary N) is 1. The summed E-state index contributed by atoms with van der Waals surface area (Å²) in [4.78, 5) is 10.1. The Morgan fingerprint density at radius 3 is 2.59 bits per heavy atom. The monoisotopic (exact) mass is 234 g/mol. The van der Waals surface area contributed by atoms with E-state index in [1.807, 2.05) is 12.1 Å². The van der Waals surface area contributed by atoms with Crippen molar-refractivity contribution >= 4 is 5.69 Å². The molecule has 4 nitrogen and oxygen atoms in total. The summed E-state index contributed by atoms with van der Waals surface area (Å²) in [5, 5.41) is 13.9. The molecule has 1 aliphatic carbocycles. The molecule has 4 heteroatoms. The molecule has 0 aliphatic heterocycles.